The maximum atomic E-state index is 12.9. The summed E-state index contributed by atoms with van der Waals surface area (Å²) in [6.45, 7) is 1.40. The molecule has 0 N–H and O–H groups in total. The van der Waals surface area contributed by atoms with Crippen molar-refractivity contribution in [3.05, 3.63) is 48.0 Å². The Kier molecular flexibility index (Phi) is 3.94. The van der Waals surface area contributed by atoms with E-state index in [0.29, 0.717) is 13.0 Å². The van der Waals surface area contributed by atoms with E-state index in [1.807, 2.05) is 4.90 Å². The summed E-state index contributed by atoms with van der Waals surface area (Å²) < 4.78 is 12.9. The number of rotatable bonds is 4. The summed E-state index contributed by atoms with van der Waals surface area (Å²) >= 11 is 0. The average Bonchev–Trinajstić information content (AvgIpc) is 3.13. The summed E-state index contributed by atoms with van der Waals surface area (Å²) in [4.78, 5) is 15.9. The van der Waals surface area contributed by atoms with E-state index in [4.69, 9.17) is 0 Å². The molecule has 6 heteroatoms. The van der Waals surface area contributed by atoms with Crippen LogP contribution in [0.15, 0.2) is 36.7 Å². The Labute approximate surface area is 122 Å². The van der Waals surface area contributed by atoms with Crippen molar-refractivity contribution in [2.75, 3.05) is 6.54 Å². The molecule has 2 aromatic rings. The Hall–Kier alpha value is -2.24. The van der Waals surface area contributed by atoms with Gasteiger partial charge in [0.05, 0.1) is 31.4 Å². The maximum absolute atomic E-state index is 12.9. The van der Waals surface area contributed by atoms with Gasteiger partial charge in [-0.3, -0.25) is 4.79 Å². The molecule has 1 fully saturated rings. The molecule has 1 aliphatic heterocycles. The van der Waals surface area contributed by atoms with E-state index in [-0.39, 0.29) is 17.8 Å². The Morgan fingerprint density at radius 1 is 1.24 bits per heavy atom. The first kappa shape index (κ1) is 13.7. The van der Waals surface area contributed by atoms with Crippen LogP contribution in [0.4, 0.5) is 4.39 Å². The summed E-state index contributed by atoms with van der Waals surface area (Å²) in [5.74, 6) is -0.203. The quantitative estimate of drug-likeness (QED) is 0.859. The maximum Gasteiger partial charge on any atom is 0.227 e. The van der Waals surface area contributed by atoms with Gasteiger partial charge in [0.15, 0.2) is 0 Å². The number of halogens is 1. The minimum absolute atomic E-state index is 0.0799. The Morgan fingerprint density at radius 3 is 2.67 bits per heavy atom. The molecule has 1 aromatic heterocycles. The van der Waals surface area contributed by atoms with Crippen molar-refractivity contribution in [1.82, 2.24) is 19.9 Å². The molecule has 3 rings (SSSR count). The van der Waals surface area contributed by atoms with E-state index in [2.05, 4.69) is 10.2 Å². The molecule has 1 saturated heterocycles. The number of aromatic nitrogens is 3. The highest BCUT2D eigenvalue weighted by Crippen LogP contribution is 2.20. The van der Waals surface area contributed by atoms with Crippen LogP contribution in [0, 0.1) is 5.82 Å². The van der Waals surface area contributed by atoms with Gasteiger partial charge in [-0.1, -0.05) is 12.1 Å². The van der Waals surface area contributed by atoms with E-state index >= 15 is 0 Å². The number of hydrogen-bond donors (Lipinski definition) is 0. The number of nitrogens with zero attached hydrogens (tertiary/aromatic N) is 4. The number of carbonyl (C=O) groups excluding carboxylic acids is 1. The summed E-state index contributed by atoms with van der Waals surface area (Å²) in [5, 5.41) is 8.19. The molecule has 1 unspecified atom stereocenters. The van der Waals surface area contributed by atoms with Gasteiger partial charge in [-0.15, -0.1) is 0 Å². The van der Waals surface area contributed by atoms with Crippen LogP contribution >= 0.6 is 0 Å². The van der Waals surface area contributed by atoms with Gasteiger partial charge in [-0.05, 0) is 30.5 Å². The first-order valence-corrected chi connectivity index (χ1v) is 7.10. The molecular weight excluding hydrogens is 271 g/mol. The van der Waals surface area contributed by atoms with Gasteiger partial charge in [0.1, 0.15) is 5.82 Å². The third kappa shape index (κ3) is 3.26. The molecule has 110 valence electrons. The zero-order valence-corrected chi connectivity index (χ0v) is 11.7. The zero-order valence-electron chi connectivity index (χ0n) is 11.7. The van der Waals surface area contributed by atoms with Gasteiger partial charge in [-0.2, -0.15) is 15.0 Å². The lowest BCUT2D eigenvalue weighted by Gasteiger charge is -2.24. The Morgan fingerprint density at radius 2 is 1.95 bits per heavy atom. The molecule has 0 saturated carbocycles. The minimum atomic E-state index is -0.282. The van der Waals surface area contributed by atoms with Gasteiger partial charge in [0.2, 0.25) is 5.91 Å². The lowest BCUT2D eigenvalue weighted by Crippen LogP contribution is -2.39. The smallest absolute Gasteiger partial charge is 0.227 e. The fourth-order valence-electron chi connectivity index (χ4n) is 2.76. The molecule has 1 amide bonds. The van der Waals surface area contributed by atoms with Gasteiger partial charge in [-0.25, -0.2) is 4.39 Å². The van der Waals surface area contributed by atoms with Crippen LogP contribution in [0.25, 0.3) is 0 Å². The highest BCUT2D eigenvalue weighted by atomic mass is 19.1. The van der Waals surface area contributed by atoms with E-state index < -0.39 is 0 Å². The fourth-order valence-corrected chi connectivity index (χ4v) is 2.76. The monoisotopic (exact) mass is 288 g/mol. The van der Waals surface area contributed by atoms with Crippen LogP contribution in [-0.4, -0.2) is 38.4 Å². The van der Waals surface area contributed by atoms with Crippen molar-refractivity contribution >= 4 is 5.91 Å². The van der Waals surface area contributed by atoms with Crippen molar-refractivity contribution < 1.29 is 9.18 Å². The molecule has 0 aliphatic carbocycles. The first-order valence-electron chi connectivity index (χ1n) is 7.10. The second-order valence-electron chi connectivity index (χ2n) is 5.27. The standard InChI is InChI=1S/C15H17FN4O/c16-13-5-3-12(4-6-13)10-15(21)19-9-1-2-14(19)11-20-17-7-8-18-20/h3-8,14H,1-2,9-11H2. The van der Waals surface area contributed by atoms with Crippen molar-refractivity contribution in [2.45, 2.75) is 31.8 Å². The average molecular weight is 288 g/mol. The van der Waals surface area contributed by atoms with E-state index in [1.165, 1.54) is 12.1 Å². The molecular formula is C15H17FN4O. The molecule has 0 radical (unpaired) electrons. The Balaban J connectivity index is 1.64. The molecule has 21 heavy (non-hydrogen) atoms. The SMILES string of the molecule is O=C(Cc1ccc(F)cc1)N1CCCC1Cn1nccn1. The lowest BCUT2D eigenvalue weighted by molar-refractivity contribution is -0.131. The van der Waals surface area contributed by atoms with Crippen LogP contribution in [0.1, 0.15) is 18.4 Å². The molecule has 1 aromatic carbocycles. The molecule has 1 atom stereocenters. The number of amides is 1. The first-order chi connectivity index (χ1) is 10.2. The predicted octanol–water partition coefficient (Wildman–Crippen LogP) is 1.65. The van der Waals surface area contributed by atoms with Crippen molar-refractivity contribution in [1.29, 1.82) is 0 Å². The van der Waals surface area contributed by atoms with Crippen molar-refractivity contribution in [3.8, 4) is 0 Å². The van der Waals surface area contributed by atoms with E-state index in [1.54, 1.807) is 29.3 Å². The van der Waals surface area contributed by atoms with Crippen LogP contribution < -0.4 is 0 Å². The fraction of sp³-hybridized carbons (Fsp3) is 0.400. The molecule has 0 spiro atoms. The zero-order chi connectivity index (χ0) is 14.7. The molecule has 5 nitrogen and oxygen atoms in total. The van der Waals surface area contributed by atoms with Crippen LogP contribution in [0.5, 0.6) is 0 Å². The summed E-state index contributed by atoms with van der Waals surface area (Å²) in [7, 11) is 0. The Bertz CT molecular complexity index is 597. The minimum Gasteiger partial charge on any atom is -0.337 e. The van der Waals surface area contributed by atoms with Crippen molar-refractivity contribution in [2.24, 2.45) is 0 Å². The van der Waals surface area contributed by atoms with E-state index in [9.17, 15) is 9.18 Å². The third-order valence-electron chi connectivity index (χ3n) is 3.81. The second kappa shape index (κ2) is 6.03. The number of carbonyl (C=O) groups is 1. The van der Waals surface area contributed by atoms with Crippen LogP contribution in [0.3, 0.4) is 0 Å². The van der Waals surface area contributed by atoms with Gasteiger partial charge in [0, 0.05) is 6.54 Å². The third-order valence-corrected chi connectivity index (χ3v) is 3.81. The topological polar surface area (TPSA) is 51.0 Å². The number of benzene rings is 1. The van der Waals surface area contributed by atoms with Crippen LogP contribution in [-0.2, 0) is 17.8 Å². The normalized spacial score (nSPS) is 18.1. The highest BCUT2D eigenvalue weighted by Gasteiger charge is 2.29. The molecule has 0 bridgehead atoms. The highest BCUT2D eigenvalue weighted by molar-refractivity contribution is 5.79. The number of hydrogen-bond acceptors (Lipinski definition) is 3. The predicted molar refractivity (Wildman–Crippen MR) is 74.9 cm³/mol. The largest absolute Gasteiger partial charge is 0.337 e. The van der Waals surface area contributed by atoms with Crippen molar-refractivity contribution in [3.63, 3.8) is 0 Å². The van der Waals surface area contributed by atoms with Gasteiger partial charge < -0.3 is 4.90 Å². The summed E-state index contributed by atoms with van der Waals surface area (Å²) in [6, 6.07) is 6.24. The van der Waals surface area contributed by atoms with Crippen LogP contribution in [0.2, 0.25) is 0 Å². The van der Waals surface area contributed by atoms with E-state index in [0.717, 1.165) is 24.9 Å². The summed E-state index contributed by atoms with van der Waals surface area (Å²) in [6.07, 6.45) is 5.56. The van der Waals surface area contributed by atoms with Gasteiger partial charge in [0.25, 0.3) is 0 Å². The molecule has 2 heterocycles. The van der Waals surface area contributed by atoms with Gasteiger partial charge >= 0.3 is 0 Å². The second-order valence-corrected chi connectivity index (χ2v) is 5.27. The molecule has 1 aliphatic rings. The summed E-state index contributed by atoms with van der Waals surface area (Å²) in [5.41, 5.74) is 0.837. The number of likely N-dealkylation sites (tertiary alicyclic amines) is 1. The lowest BCUT2D eigenvalue weighted by atomic mass is 10.1.